The van der Waals surface area contributed by atoms with E-state index in [1.54, 1.807) is 0 Å². The van der Waals surface area contributed by atoms with Gasteiger partial charge in [-0.25, -0.2) is 0 Å². The van der Waals surface area contributed by atoms with E-state index in [4.69, 9.17) is 9.73 Å². The molecule has 0 saturated carbocycles. The molecule has 0 aromatic carbocycles. The standard InChI is InChI=1S/C20H34N4OS2/c1-3-21-19(22-16-20(27-4-2)9-13-25-14-10-20)23-17-7-11-24(12-8-17)18-6-5-15-26-18/h5-6,15,17H,3-4,7-14,16H2,1-2H3,(H2,21,22,23). The Labute approximate surface area is 172 Å². The highest BCUT2D eigenvalue weighted by Crippen LogP contribution is 2.35. The van der Waals surface area contributed by atoms with Crippen LogP contribution in [-0.2, 0) is 4.74 Å². The lowest BCUT2D eigenvalue weighted by Gasteiger charge is -2.36. The summed E-state index contributed by atoms with van der Waals surface area (Å²) >= 11 is 3.89. The van der Waals surface area contributed by atoms with Crippen LogP contribution < -0.4 is 15.5 Å². The summed E-state index contributed by atoms with van der Waals surface area (Å²) in [5.74, 6) is 2.12. The molecule has 0 unspecified atom stereocenters. The maximum Gasteiger partial charge on any atom is 0.191 e. The van der Waals surface area contributed by atoms with Crippen molar-refractivity contribution in [3.8, 4) is 0 Å². The summed E-state index contributed by atoms with van der Waals surface area (Å²) in [7, 11) is 0. The molecule has 3 heterocycles. The van der Waals surface area contributed by atoms with Crippen LogP contribution in [0.2, 0.25) is 0 Å². The lowest BCUT2D eigenvalue weighted by atomic mass is 9.99. The number of nitrogens with zero attached hydrogens (tertiary/aromatic N) is 2. The van der Waals surface area contributed by atoms with Crippen molar-refractivity contribution < 1.29 is 4.74 Å². The van der Waals surface area contributed by atoms with Gasteiger partial charge in [0.05, 0.1) is 11.5 Å². The number of anilines is 1. The second-order valence-corrected chi connectivity index (χ2v) is 9.94. The van der Waals surface area contributed by atoms with Crippen LogP contribution in [0.3, 0.4) is 0 Å². The molecule has 0 amide bonds. The van der Waals surface area contributed by atoms with Crippen molar-refractivity contribution in [1.29, 1.82) is 0 Å². The van der Waals surface area contributed by atoms with Crippen LogP contribution in [0.4, 0.5) is 5.00 Å². The molecule has 0 aliphatic carbocycles. The first kappa shape index (κ1) is 20.8. The first-order valence-electron chi connectivity index (χ1n) is 10.3. The molecule has 2 aliphatic rings. The van der Waals surface area contributed by atoms with Gasteiger partial charge < -0.3 is 20.3 Å². The number of nitrogens with one attached hydrogen (secondary N) is 2. The lowest BCUT2D eigenvalue weighted by Crippen LogP contribution is -2.49. The molecule has 27 heavy (non-hydrogen) atoms. The van der Waals surface area contributed by atoms with Crippen molar-refractivity contribution in [3.63, 3.8) is 0 Å². The summed E-state index contributed by atoms with van der Waals surface area (Å²) in [5.41, 5.74) is 0. The van der Waals surface area contributed by atoms with Gasteiger partial charge in [0.2, 0.25) is 0 Å². The number of thioether (sulfide) groups is 1. The monoisotopic (exact) mass is 410 g/mol. The van der Waals surface area contributed by atoms with Gasteiger partial charge in [-0.1, -0.05) is 6.92 Å². The number of ether oxygens (including phenoxy) is 1. The predicted octanol–water partition coefficient (Wildman–Crippen LogP) is 3.57. The number of thiophene rings is 1. The molecule has 0 bridgehead atoms. The molecule has 7 heteroatoms. The normalized spacial score (nSPS) is 21.3. The van der Waals surface area contributed by atoms with Crippen molar-refractivity contribution in [3.05, 3.63) is 17.5 Å². The van der Waals surface area contributed by atoms with Crippen LogP contribution in [0.1, 0.15) is 39.5 Å². The average Bonchev–Trinajstić information content (AvgIpc) is 3.23. The molecule has 3 rings (SSSR count). The fraction of sp³-hybridized carbons (Fsp3) is 0.750. The minimum absolute atomic E-state index is 0.248. The highest BCUT2D eigenvalue weighted by Gasteiger charge is 2.32. The summed E-state index contributed by atoms with van der Waals surface area (Å²) < 4.78 is 5.84. The van der Waals surface area contributed by atoms with Crippen LogP contribution in [0.25, 0.3) is 0 Å². The fourth-order valence-corrected chi connectivity index (χ4v) is 5.84. The smallest absolute Gasteiger partial charge is 0.191 e. The SMILES string of the molecule is CCNC(=NCC1(SCC)CCOCC1)NC1CCN(c2cccs2)CC1. The van der Waals surface area contributed by atoms with Gasteiger partial charge in [0, 0.05) is 43.6 Å². The van der Waals surface area contributed by atoms with Crippen molar-refractivity contribution in [2.45, 2.75) is 50.3 Å². The molecule has 5 nitrogen and oxygen atoms in total. The molecule has 2 N–H and O–H groups in total. The first-order valence-corrected chi connectivity index (χ1v) is 12.2. The fourth-order valence-electron chi connectivity index (χ4n) is 3.83. The van der Waals surface area contributed by atoms with Gasteiger partial charge in [0.15, 0.2) is 5.96 Å². The minimum Gasteiger partial charge on any atom is -0.381 e. The van der Waals surface area contributed by atoms with Gasteiger partial charge in [0.25, 0.3) is 0 Å². The lowest BCUT2D eigenvalue weighted by molar-refractivity contribution is 0.0793. The van der Waals surface area contributed by atoms with Crippen molar-refractivity contribution >= 4 is 34.1 Å². The Balaban J connectivity index is 1.54. The largest absolute Gasteiger partial charge is 0.381 e. The van der Waals surface area contributed by atoms with Crippen molar-refractivity contribution in [2.24, 2.45) is 4.99 Å². The van der Waals surface area contributed by atoms with Crippen LogP contribution in [0.15, 0.2) is 22.5 Å². The molecule has 1 aromatic rings. The Hall–Kier alpha value is -0.920. The van der Waals surface area contributed by atoms with Crippen LogP contribution in [-0.4, -0.2) is 61.9 Å². The van der Waals surface area contributed by atoms with E-state index in [0.29, 0.717) is 6.04 Å². The number of guanidine groups is 1. The zero-order valence-electron chi connectivity index (χ0n) is 16.7. The van der Waals surface area contributed by atoms with E-state index in [-0.39, 0.29) is 4.75 Å². The predicted molar refractivity (Wildman–Crippen MR) is 120 cm³/mol. The molecule has 0 atom stereocenters. The topological polar surface area (TPSA) is 48.9 Å². The van der Waals surface area contributed by atoms with E-state index in [2.05, 4.69) is 58.7 Å². The number of piperidine rings is 1. The van der Waals surface area contributed by atoms with E-state index in [9.17, 15) is 0 Å². The third-order valence-electron chi connectivity index (χ3n) is 5.38. The van der Waals surface area contributed by atoms with Crippen molar-refractivity contribution in [2.75, 3.05) is 50.0 Å². The summed E-state index contributed by atoms with van der Waals surface area (Å²) in [5, 5.41) is 10.7. The molecule has 0 spiro atoms. The van der Waals surface area contributed by atoms with E-state index >= 15 is 0 Å². The third kappa shape index (κ3) is 6.03. The Morgan fingerprint density at radius 2 is 2.11 bits per heavy atom. The summed E-state index contributed by atoms with van der Waals surface area (Å²) in [6, 6.07) is 4.87. The maximum absolute atomic E-state index is 5.59. The van der Waals surface area contributed by atoms with E-state index in [1.165, 1.54) is 5.00 Å². The molecule has 2 fully saturated rings. The molecule has 152 valence electrons. The van der Waals surface area contributed by atoms with Gasteiger partial charge in [0.1, 0.15) is 0 Å². The zero-order valence-corrected chi connectivity index (χ0v) is 18.3. The van der Waals surface area contributed by atoms with Crippen molar-refractivity contribution in [1.82, 2.24) is 10.6 Å². The first-order chi connectivity index (χ1) is 13.2. The molecule has 2 saturated heterocycles. The quantitative estimate of drug-likeness (QED) is 0.532. The van der Waals surface area contributed by atoms with Gasteiger partial charge in [-0.15, -0.1) is 11.3 Å². The third-order valence-corrected chi connectivity index (χ3v) is 7.75. The van der Waals surface area contributed by atoms with Crippen LogP contribution in [0.5, 0.6) is 0 Å². The number of rotatable bonds is 7. The molecule has 0 radical (unpaired) electrons. The summed E-state index contributed by atoms with van der Waals surface area (Å²) in [6.07, 6.45) is 4.53. The van der Waals surface area contributed by atoms with E-state index < -0.39 is 0 Å². The average molecular weight is 411 g/mol. The highest BCUT2D eigenvalue weighted by atomic mass is 32.2. The Bertz CT molecular complexity index is 559. The van der Waals surface area contributed by atoms with E-state index in [0.717, 1.165) is 76.8 Å². The molecular weight excluding hydrogens is 376 g/mol. The Morgan fingerprint density at radius 1 is 1.33 bits per heavy atom. The van der Waals surface area contributed by atoms with Gasteiger partial charge >= 0.3 is 0 Å². The summed E-state index contributed by atoms with van der Waals surface area (Å²) in [4.78, 5) is 7.50. The number of aliphatic imine (C=N–C) groups is 1. The van der Waals surface area contributed by atoms with Crippen LogP contribution >= 0.6 is 23.1 Å². The maximum atomic E-state index is 5.59. The number of hydrogen-bond donors (Lipinski definition) is 2. The molecule has 2 aliphatic heterocycles. The van der Waals surface area contributed by atoms with Gasteiger partial charge in [-0.2, -0.15) is 11.8 Å². The second kappa shape index (κ2) is 10.6. The van der Waals surface area contributed by atoms with E-state index in [1.807, 2.05) is 11.3 Å². The Morgan fingerprint density at radius 3 is 2.74 bits per heavy atom. The van der Waals surface area contributed by atoms with Gasteiger partial charge in [-0.05, 0) is 55.9 Å². The summed E-state index contributed by atoms with van der Waals surface area (Å²) in [6.45, 7) is 10.1. The van der Waals surface area contributed by atoms with Gasteiger partial charge in [-0.3, -0.25) is 4.99 Å². The molecular formula is C20H34N4OS2. The minimum atomic E-state index is 0.248. The molecule has 1 aromatic heterocycles. The highest BCUT2D eigenvalue weighted by molar-refractivity contribution is 8.00. The number of hydrogen-bond acceptors (Lipinski definition) is 5. The zero-order chi connectivity index (χ0) is 19.0. The second-order valence-electron chi connectivity index (χ2n) is 7.28. The Kier molecular flexibility index (Phi) is 8.15. The van der Waals surface area contributed by atoms with Crippen LogP contribution in [0, 0.1) is 0 Å².